The zero-order valence-corrected chi connectivity index (χ0v) is 12.3. The highest BCUT2D eigenvalue weighted by Gasteiger charge is 2.29. The summed E-state index contributed by atoms with van der Waals surface area (Å²) in [7, 11) is 0. The van der Waals surface area contributed by atoms with E-state index in [1.165, 1.54) is 18.2 Å². The summed E-state index contributed by atoms with van der Waals surface area (Å²) in [5.74, 6) is -0.744. The Morgan fingerprint density at radius 1 is 1.32 bits per heavy atom. The highest BCUT2D eigenvalue weighted by Crippen LogP contribution is 2.28. The normalized spacial score (nSPS) is 13.7. The molecule has 0 aliphatic heterocycles. The molecule has 2 aromatic rings. The van der Waals surface area contributed by atoms with Crippen LogP contribution < -0.4 is 10.6 Å². The molecule has 0 radical (unpaired) electrons. The molecule has 3 rings (SSSR count). The molecule has 2 N–H and O–H groups in total. The number of hydrogen-bond donors (Lipinski definition) is 2. The van der Waals surface area contributed by atoms with Gasteiger partial charge in [0, 0.05) is 11.6 Å². The molecule has 22 heavy (non-hydrogen) atoms. The van der Waals surface area contributed by atoms with Crippen LogP contribution in [0.2, 0.25) is 0 Å². The summed E-state index contributed by atoms with van der Waals surface area (Å²) < 4.78 is 13.1. The molecule has 114 valence electrons. The van der Waals surface area contributed by atoms with E-state index in [4.69, 9.17) is 0 Å². The molecule has 1 aliphatic rings. The Morgan fingerprint density at radius 2 is 2.14 bits per heavy atom. The third kappa shape index (κ3) is 3.64. The van der Waals surface area contributed by atoms with Crippen molar-refractivity contribution in [2.45, 2.75) is 19.4 Å². The Hall–Kier alpha value is -2.35. The molecule has 0 saturated heterocycles. The van der Waals surface area contributed by atoms with Gasteiger partial charge in [-0.25, -0.2) is 4.39 Å². The monoisotopic (exact) mass is 320 g/mol. The Kier molecular flexibility index (Phi) is 4.10. The number of aromatic nitrogens is 2. The van der Waals surface area contributed by atoms with Crippen LogP contribution in [0.15, 0.2) is 24.3 Å². The molecule has 1 heterocycles. The van der Waals surface area contributed by atoms with Crippen LogP contribution >= 0.6 is 11.3 Å². The van der Waals surface area contributed by atoms with Crippen LogP contribution in [0.1, 0.15) is 27.7 Å². The van der Waals surface area contributed by atoms with Gasteiger partial charge in [0.05, 0.1) is 6.54 Å². The van der Waals surface area contributed by atoms with Crippen molar-refractivity contribution in [1.29, 1.82) is 0 Å². The Balaban J connectivity index is 1.57. The maximum absolute atomic E-state index is 13.1. The van der Waals surface area contributed by atoms with Gasteiger partial charge >= 0.3 is 0 Å². The van der Waals surface area contributed by atoms with Gasteiger partial charge in [0.25, 0.3) is 5.91 Å². The molecule has 1 aliphatic carbocycles. The van der Waals surface area contributed by atoms with Gasteiger partial charge in [0.1, 0.15) is 10.8 Å². The molecule has 2 amide bonds. The highest BCUT2D eigenvalue weighted by atomic mass is 32.1. The predicted molar refractivity (Wildman–Crippen MR) is 78.8 cm³/mol. The van der Waals surface area contributed by atoms with E-state index in [0.717, 1.165) is 24.2 Å². The Labute approximate surface area is 129 Å². The van der Waals surface area contributed by atoms with E-state index < -0.39 is 11.7 Å². The molecule has 0 spiro atoms. The summed E-state index contributed by atoms with van der Waals surface area (Å²) in [5, 5.41) is 13.7. The Morgan fingerprint density at radius 3 is 2.86 bits per heavy atom. The van der Waals surface area contributed by atoms with Crippen LogP contribution in [-0.4, -0.2) is 22.0 Å². The maximum atomic E-state index is 13.1. The fraction of sp³-hybridized carbons (Fsp3) is 0.286. The van der Waals surface area contributed by atoms with E-state index in [0.29, 0.717) is 10.7 Å². The summed E-state index contributed by atoms with van der Waals surface area (Å²) >= 11 is 1.10. The first kappa shape index (κ1) is 14.6. The van der Waals surface area contributed by atoms with Crippen LogP contribution in [0.3, 0.4) is 0 Å². The lowest BCUT2D eigenvalue weighted by Gasteiger charge is -2.02. The van der Waals surface area contributed by atoms with Gasteiger partial charge < -0.3 is 10.6 Å². The van der Waals surface area contributed by atoms with Gasteiger partial charge in [-0.2, -0.15) is 0 Å². The van der Waals surface area contributed by atoms with Gasteiger partial charge in [-0.15, -0.1) is 10.2 Å². The highest BCUT2D eigenvalue weighted by molar-refractivity contribution is 7.13. The molecular formula is C14H13FN4O2S. The summed E-state index contributed by atoms with van der Waals surface area (Å²) in [4.78, 5) is 23.5. The fourth-order valence-corrected chi connectivity index (χ4v) is 2.49. The molecule has 0 atom stereocenters. The first-order valence-electron chi connectivity index (χ1n) is 6.79. The van der Waals surface area contributed by atoms with Crippen molar-refractivity contribution in [2.24, 2.45) is 5.92 Å². The number of anilines is 1. The van der Waals surface area contributed by atoms with Crippen molar-refractivity contribution in [1.82, 2.24) is 15.5 Å². The number of nitrogens with zero attached hydrogens (tertiary/aromatic N) is 2. The van der Waals surface area contributed by atoms with Gasteiger partial charge in [-0.1, -0.05) is 17.4 Å². The number of carbonyl (C=O) groups excluding carboxylic acids is 2. The summed E-state index contributed by atoms with van der Waals surface area (Å²) in [6, 6.07) is 5.60. The second kappa shape index (κ2) is 6.18. The minimum atomic E-state index is -0.456. The van der Waals surface area contributed by atoms with Crippen molar-refractivity contribution in [3.63, 3.8) is 0 Å². The second-order valence-electron chi connectivity index (χ2n) is 4.96. The van der Waals surface area contributed by atoms with E-state index in [-0.39, 0.29) is 23.4 Å². The van der Waals surface area contributed by atoms with Gasteiger partial charge in [0.15, 0.2) is 0 Å². The number of halogens is 1. The molecule has 1 saturated carbocycles. The molecule has 8 heteroatoms. The minimum Gasteiger partial charge on any atom is -0.349 e. The van der Waals surface area contributed by atoms with Crippen molar-refractivity contribution < 1.29 is 14.0 Å². The largest absolute Gasteiger partial charge is 0.349 e. The molecule has 1 fully saturated rings. The average molecular weight is 320 g/mol. The molecule has 1 aromatic carbocycles. The number of rotatable bonds is 5. The van der Waals surface area contributed by atoms with Gasteiger partial charge in [-0.05, 0) is 31.0 Å². The predicted octanol–water partition coefficient (Wildman–Crippen LogP) is 1.96. The van der Waals surface area contributed by atoms with Crippen LogP contribution in [0.5, 0.6) is 0 Å². The van der Waals surface area contributed by atoms with Crippen LogP contribution in [0, 0.1) is 11.7 Å². The summed E-state index contributed by atoms with van der Waals surface area (Å²) in [5.41, 5.74) is 0.351. The van der Waals surface area contributed by atoms with Crippen molar-refractivity contribution in [2.75, 3.05) is 5.32 Å². The van der Waals surface area contributed by atoms with E-state index >= 15 is 0 Å². The van der Waals surface area contributed by atoms with E-state index in [1.54, 1.807) is 6.07 Å². The van der Waals surface area contributed by atoms with Crippen LogP contribution in [-0.2, 0) is 11.3 Å². The van der Waals surface area contributed by atoms with E-state index in [2.05, 4.69) is 20.8 Å². The lowest BCUT2D eigenvalue weighted by atomic mass is 10.3. The first-order valence-corrected chi connectivity index (χ1v) is 7.60. The van der Waals surface area contributed by atoms with Crippen LogP contribution in [0.25, 0.3) is 0 Å². The SMILES string of the molecule is O=C(Nc1cccc(F)c1)c1nnc(CNC(=O)C2CC2)s1. The number of benzene rings is 1. The lowest BCUT2D eigenvalue weighted by molar-refractivity contribution is -0.122. The van der Waals surface area contributed by atoms with Gasteiger partial charge in [-0.3, -0.25) is 9.59 Å². The lowest BCUT2D eigenvalue weighted by Crippen LogP contribution is -2.24. The summed E-state index contributed by atoms with van der Waals surface area (Å²) in [6.07, 6.45) is 1.87. The zero-order chi connectivity index (χ0) is 15.5. The van der Waals surface area contributed by atoms with Crippen molar-refractivity contribution in [3.8, 4) is 0 Å². The maximum Gasteiger partial charge on any atom is 0.286 e. The van der Waals surface area contributed by atoms with E-state index in [9.17, 15) is 14.0 Å². The number of amides is 2. The molecule has 6 nitrogen and oxygen atoms in total. The molecule has 0 bridgehead atoms. The zero-order valence-electron chi connectivity index (χ0n) is 11.5. The number of nitrogens with one attached hydrogen (secondary N) is 2. The number of hydrogen-bond acceptors (Lipinski definition) is 5. The van der Waals surface area contributed by atoms with Crippen molar-refractivity contribution in [3.05, 3.63) is 40.1 Å². The standard InChI is InChI=1S/C14H13FN4O2S/c15-9-2-1-3-10(6-9)17-13(21)14-19-18-11(22-14)7-16-12(20)8-4-5-8/h1-3,6,8H,4-5,7H2,(H,16,20)(H,17,21). The minimum absolute atomic E-state index is 0.0148. The fourth-order valence-electron chi connectivity index (χ4n) is 1.82. The summed E-state index contributed by atoms with van der Waals surface area (Å²) in [6.45, 7) is 0.264. The van der Waals surface area contributed by atoms with Crippen molar-refractivity contribution >= 4 is 28.8 Å². The average Bonchev–Trinajstić information content (AvgIpc) is 3.23. The van der Waals surface area contributed by atoms with Gasteiger partial charge in [0.2, 0.25) is 10.9 Å². The molecule has 0 unspecified atom stereocenters. The molecular weight excluding hydrogens is 307 g/mol. The second-order valence-corrected chi connectivity index (χ2v) is 6.02. The van der Waals surface area contributed by atoms with E-state index in [1.807, 2.05) is 0 Å². The van der Waals surface area contributed by atoms with Crippen LogP contribution in [0.4, 0.5) is 10.1 Å². The number of carbonyl (C=O) groups is 2. The third-order valence-electron chi connectivity index (χ3n) is 3.11. The molecule has 1 aromatic heterocycles. The topological polar surface area (TPSA) is 84.0 Å². The smallest absolute Gasteiger partial charge is 0.286 e. The quantitative estimate of drug-likeness (QED) is 0.882. The Bertz CT molecular complexity index is 714. The third-order valence-corrected chi connectivity index (χ3v) is 4.03. The first-order chi connectivity index (χ1) is 10.6.